The van der Waals surface area contributed by atoms with Crippen LogP contribution in [0.25, 0.3) is 0 Å². The molecular weight excluding hydrogens is 260 g/mol. The van der Waals surface area contributed by atoms with Gasteiger partial charge in [0, 0.05) is 11.4 Å². The van der Waals surface area contributed by atoms with E-state index in [0.717, 1.165) is 18.4 Å². The lowest BCUT2D eigenvalue weighted by molar-refractivity contribution is -0.122. The molecule has 1 rings (SSSR count). The lowest BCUT2D eigenvalue weighted by atomic mass is 9.97. The van der Waals surface area contributed by atoms with E-state index in [0.29, 0.717) is 23.9 Å². The summed E-state index contributed by atoms with van der Waals surface area (Å²) in [5, 5.41) is 3.79. The molecule has 0 fully saturated rings. The molecule has 0 aliphatic heterocycles. The van der Waals surface area contributed by atoms with Crippen molar-refractivity contribution in [2.24, 2.45) is 11.7 Å². The maximum absolute atomic E-state index is 11.8. The fraction of sp³-hybridized carbons (Fsp3) is 0.533. The Kier molecular flexibility index (Phi) is 6.89. The van der Waals surface area contributed by atoms with Crippen molar-refractivity contribution in [3.63, 3.8) is 0 Å². The molecule has 1 aromatic carbocycles. The smallest absolute Gasteiger partial charge is 0.220 e. The van der Waals surface area contributed by atoms with Crippen LogP contribution in [-0.4, -0.2) is 12.5 Å². The van der Waals surface area contributed by atoms with E-state index in [1.807, 2.05) is 24.3 Å². The highest BCUT2D eigenvalue weighted by atomic mass is 35.5. The van der Waals surface area contributed by atoms with Gasteiger partial charge in [-0.2, -0.15) is 0 Å². The number of carbonyl (C=O) groups excluding carboxylic acids is 1. The zero-order chi connectivity index (χ0) is 14.3. The number of nitrogens with two attached hydrogens (primary N) is 1. The summed E-state index contributed by atoms with van der Waals surface area (Å²) in [6.07, 6.45) is 2.12. The van der Waals surface area contributed by atoms with Crippen LogP contribution in [-0.2, 0) is 4.79 Å². The minimum atomic E-state index is 0.0440. The number of amides is 1. The summed E-state index contributed by atoms with van der Waals surface area (Å²) in [6.45, 7) is 4.84. The molecule has 3 nitrogen and oxygen atoms in total. The van der Waals surface area contributed by atoms with Crippen LogP contribution < -0.4 is 11.1 Å². The molecule has 106 valence electrons. The van der Waals surface area contributed by atoms with E-state index < -0.39 is 0 Å². The van der Waals surface area contributed by atoms with Gasteiger partial charge in [0.1, 0.15) is 0 Å². The molecule has 0 saturated carbocycles. The summed E-state index contributed by atoms with van der Waals surface area (Å²) in [7, 11) is 0. The van der Waals surface area contributed by atoms with Gasteiger partial charge in [0.2, 0.25) is 5.91 Å². The van der Waals surface area contributed by atoms with Crippen LogP contribution in [0.2, 0.25) is 5.02 Å². The first-order chi connectivity index (χ1) is 9.02. The number of benzene rings is 1. The van der Waals surface area contributed by atoms with Crippen molar-refractivity contribution in [2.75, 3.05) is 6.54 Å². The highest BCUT2D eigenvalue weighted by molar-refractivity contribution is 6.30. The van der Waals surface area contributed by atoms with Crippen molar-refractivity contribution in [1.82, 2.24) is 5.32 Å². The van der Waals surface area contributed by atoms with E-state index in [-0.39, 0.29) is 11.9 Å². The second kappa shape index (κ2) is 8.18. The number of hydrogen-bond donors (Lipinski definition) is 2. The van der Waals surface area contributed by atoms with E-state index in [9.17, 15) is 4.79 Å². The lowest BCUT2D eigenvalue weighted by Gasteiger charge is -2.21. The van der Waals surface area contributed by atoms with E-state index >= 15 is 0 Å². The number of nitrogens with one attached hydrogen (secondary N) is 1. The molecule has 0 aromatic heterocycles. The number of halogens is 1. The lowest BCUT2D eigenvalue weighted by Crippen LogP contribution is -2.29. The first-order valence-corrected chi connectivity index (χ1v) is 7.15. The number of hydrogen-bond acceptors (Lipinski definition) is 2. The third-order valence-corrected chi connectivity index (χ3v) is 3.17. The summed E-state index contributed by atoms with van der Waals surface area (Å²) in [6, 6.07) is 7.70. The Hall–Kier alpha value is -1.06. The van der Waals surface area contributed by atoms with E-state index in [1.54, 1.807) is 0 Å². The first-order valence-electron chi connectivity index (χ1n) is 6.77. The Bertz CT molecular complexity index is 390. The van der Waals surface area contributed by atoms with Crippen LogP contribution in [0.15, 0.2) is 24.3 Å². The van der Waals surface area contributed by atoms with Gasteiger partial charge in [0.25, 0.3) is 0 Å². The van der Waals surface area contributed by atoms with Gasteiger partial charge in [-0.25, -0.2) is 0 Å². The highest BCUT2D eigenvalue weighted by Gasteiger charge is 2.15. The molecule has 0 heterocycles. The normalized spacial score (nSPS) is 12.5. The molecule has 19 heavy (non-hydrogen) atoms. The van der Waals surface area contributed by atoms with Gasteiger partial charge in [0.05, 0.1) is 6.04 Å². The van der Waals surface area contributed by atoms with Crippen molar-refractivity contribution < 1.29 is 4.79 Å². The van der Waals surface area contributed by atoms with Crippen LogP contribution in [0.5, 0.6) is 0 Å². The molecule has 3 N–H and O–H groups in total. The van der Waals surface area contributed by atoms with Crippen molar-refractivity contribution in [3.8, 4) is 0 Å². The van der Waals surface area contributed by atoms with Gasteiger partial charge in [-0.15, -0.1) is 0 Å². The van der Waals surface area contributed by atoms with Crippen molar-refractivity contribution in [3.05, 3.63) is 34.9 Å². The molecule has 0 radical (unpaired) electrons. The number of rotatable bonds is 7. The largest absolute Gasteiger partial charge is 0.349 e. The summed E-state index contributed by atoms with van der Waals surface area (Å²) in [4.78, 5) is 11.8. The summed E-state index contributed by atoms with van der Waals surface area (Å²) >= 11 is 5.90. The average Bonchev–Trinajstić information content (AvgIpc) is 2.36. The van der Waals surface area contributed by atoms with Crippen LogP contribution >= 0.6 is 11.6 Å². The molecule has 1 aromatic rings. The van der Waals surface area contributed by atoms with Gasteiger partial charge >= 0.3 is 0 Å². The Labute approximate surface area is 120 Å². The van der Waals surface area contributed by atoms with E-state index in [2.05, 4.69) is 19.2 Å². The third kappa shape index (κ3) is 6.08. The molecule has 0 spiro atoms. The molecule has 0 aliphatic rings. The maximum atomic E-state index is 11.8. The predicted octanol–water partition coefficient (Wildman–Crippen LogP) is 3.28. The molecule has 0 bridgehead atoms. The zero-order valence-corrected chi connectivity index (χ0v) is 12.4. The van der Waals surface area contributed by atoms with Gasteiger partial charge in [-0.1, -0.05) is 37.6 Å². The van der Waals surface area contributed by atoms with E-state index in [4.69, 9.17) is 17.3 Å². The van der Waals surface area contributed by atoms with Crippen LogP contribution in [0.3, 0.4) is 0 Å². The van der Waals surface area contributed by atoms with Crippen molar-refractivity contribution in [1.29, 1.82) is 0 Å². The molecule has 0 saturated heterocycles. The SMILES string of the molecule is CC(C)CC(NC(=O)CCCN)c1ccc(Cl)cc1. The monoisotopic (exact) mass is 282 g/mol. The third-order valence-electron chi connectivity index (χ3n) is 2.92. The molecule has 4 heteroatoms. The van der Waals surface area contributed by atoms with Crippen molar-refractivity contribution >= 4 is 17.5 Å². The van der Waals surface area contributed by atoms with Crippen LogP contribution in [0, 0.1) is 5.92 Å². The topological polar surface area (TPSA) is 55.1 Å². The summed E-state index contributed by atoms with van der Waals surface area (Å²) < 4.78 is 0. The quantitative estimate of drug-likeness (QED) is 0.806. The average molecular weight is 283 g/mol. The van der Waals surface area contributed by atoms with E-state index in [1.165, 1.54) is 0 Å². The van der Waals surface area contributed by atoms with Gasteiger partial charge in [-0.05, 0) is 43.0 Å². The molecular formula is C15H23ClN2O. The highest BCUT2D eigenvalue weighted by Crippen LogP contribution is 2.23. The standard InChI is InChI=1S/C15H23ClN2O/c1-11(2)10-14(18-15(19)4-3-9-17)12-5-7-13(16)8-6-12/h5-8,11,14H,3-4,9-10,17H2,1-2H3,(H,18,19). The van der Waals surface area contributed by atoms with Gasteiger partial charge < -0.3 is 11.1 Å². The first kappa shape index (κ1) is 16.0. The fourth-order valence-electron chi connectivity index (χ4n) is 1.97. The molecule has 1 atom stereocenters. The zero-order valence-electron chi connectivity index (χ0n) is 11.7. The minimum Gasteiger partial charge on any atom is -0.349 e. The Morgan fingerprint density at radius 2 is 1.95 bits per heavy atom. The van der Waals surface area contributed by atoms with Gasteiger partial charge in [-0.3, -0.25) is 4.79 Å². The molecule has 1 amide bonds. The Morgan fingerprint density at radius 1 is 1.32 bits per heavy atom. The van der Waals surface area contributed by atoms with Crippen LogP contribution in [0.1, 0.15) is 44.7 Å². The van der Waals surface area contributed by atoms with Crippen LogP contribution in [0.4, 0.5) is 0 Å². The van der Waals surface area contributed by atoms with Crippen molar-refractivity contribution in [2.45, 2.75) is 39.2 Å². The minimum absolute atomic E-state index is 0.0440. The fourth-order valence-corrected chi connectivity index (χ4v) is 2.10. The summed E-state index contributed by atoms with van der Waals surface area (Å²) in [5.41, 5.74) is 6.52. The molecule has 1 unspecified atom stereocenters. The maximum Gasteiger partial charge on any atom is 0.220 e. The molecule has 0 aliphatic carbocycles. The summed E-state index contributed by atoms with van der Waals surface area (Å²) in [5.74, 6) is 0.571. The predicted molar refractivity (Wildman–Crippen MR) is 80.1 cm³/mol. The number of carbonyl (C=O) groups is 1. The van der Waals surface area contributed by atoms with Gasteiger partial charge in [0.15, 0.2) is 0 Å². The second-order valence-electron chi connectivity index (χ2n) is 5.19. The Balaban J connectivity index is 2.71. The second-order valence-corrected chi connectivity index (χ2v) is 5.63. The Morgan fingerprint density at radius 3 is 2.47 bits per heavy atom.